The van der Waals surface area contributed by atoms with Crippen molar-refractivity contribution < 1.29 is 9.90 Å². The van der Waals surface area contributed by atoms with Crippen LogP contribution < -0.4 is 5.73 Å². The molecule has 14 heavy (non-hydrogen) atoms. The van der Waals surface area contributed by atoms with Crippen molar-refractivity contribution in [1.29, 1.82) is 0 Å². The molecule has 0 aliphatic carbocycles. The van der Waals surface area contributed by atoms with Crippen LogP contribution in [-0.4, -0.2) is 41.1 Å². The lowest BCUT2D eigenvalue weighted by molar-refractivity contribution is -0.140. The molecule has 4 nitrogen and oxygen atoms in total. The quantitative estimate of drug-likeness (QED) is 0.697. The fourth-order valence-corrected chi connectivity index (χ4v) is 1.87. The minimum atomic E-state index is -0.906. The molecule has 0 aromatic carbocycles. The number of piperidine rings is 1. The summed E-state index contributed by atoms with van der Waals surface area (Å²) in [6.45, 7) is 6.08. The lowest BCUT2D eigenvalue weighted by Crippen LogP contribution is -2.52. The van der Waals surface area contributed by atoms with E-state index in [-0.39, 0.29) is 6.04 Å². The molecule has 82 valence electrons. The predicted octanol–water partition coefficient (Wildman–Crippen LogP) is 0.519. The fourth-order valence-electron chi connectivity index (χ4n) is 1.87. The average Bonchev–Trinajstić information content (AvgIpc) is 2.16. The van der Waals surface area contributed by atoms with Crippen LogP contribution in [-0.2, 0) is 4.79 Å². The third kappa shape index (κ3) is 2.69. The van der Waals surface area contributed by atoms with Crippen LogP contribution in [0.4, 0.5) is 0 Å². The van der Waals surface area contributed by atoms with E-state index in [1.54, 1.807) is 0 Å². The van der Waals surface area contributed by atoms with Crippen LogP contribution in [0.25, 0.3) is 0 Å². The Bertz CT molecular complexity index is 200. The summed E-state index contributed by atoms with van der Waals surface area (Å²) in [5.41, 5.74) is 5.58. The summed E-state index contributed by atoms with van der Waals surface area (Å²) in [6, 6.07) is -0.816. The Hall–Kier alpha value is -0.610. The molecule has 0 aromatic heterocycles. The maximum atomic E-state index is 10.7. The van der Waals surface area contributed by atoms with Crippen molar-refractivity contribution in [2.24, 2.45) is 11.7 Å². The number of likely N-dealkylation sites (tertiary alicyclic amines) is 1. The zero-order valence-electron chi connectivity index (χ0n) is 8.94. The van der Waals surface area contributed by atoms with Crippen molar-refractivity contribution in [2.75, 3.05) is 13.1 Å². The van der Waals surface area contributed by atoms with Gasteiger partial charge in [-0.05, 0) is 38.8 Å². The minimum Gasteiger partial charge on any atom is -0.480 e. The van der Waals surface area contributed by atoms with E-state index in [1.165, 1.54) is 0 Å². The average molecular weight is 200 g/mol. The monoisotopic (exact) mass is 200 g/mol. The summed E-state index contributed by atoms with van der Waals surface area (Å²) in [5.74, 6) is -0.143. The number of hydrogen-bond donors (Lipinski definition) is 2. The molecule has 0 saturated carbocycles. The number of hydrogen-bond acceptors (Lipinski definition) is 3. The van der Waals surface area contributed by atoms with Gasteiger partial charge in [-0.25, -0.2) is 0 Å². The first-order chi connectivity index (χ1) is 6.52. The molecular weight excluding hydrogens is 180 g/mol. The van der Waals surface area contributed by atoms with Crippen LogP contribution >= 0.6 is 0 Å². The molecule has 0 aromatic rings. The number of nitrogens with two attached hydrogens (primary N) is 1. The third-order valence-electron chi connectivity index (χ3n) is 3.20. The van der Waals surface area contributed by atoms with E-state index in [9.17, 15) is 4.79 Å². The highest BCUT2D eigenvalue weighted by atomic mass is 16.4. The molecule has 2 atom stereocenters. The summed E-state index contributed by atoms with van der Waals surface area (Å²) in [6.07, 6.45) is 2.30. The van der Waals surface area contributed by atoms with E-state index in [4.69, 9.17) is 10.8 Å². The largest absolute Gasteiger partial charge is 0.480 e. The number of rotatable bonds is 3. The Morgan fingerprint density at radius 3 is 2.43 bits per heavy atom. The zero-order valence-corrected chi connectivity index (χ0v) is 8.94. The lowest BCUT2D eigenvalue weighted by Gasteiger charge is -2.36. The van der Waals surface area contributed by atoms with Gasteiger partial charge in [0.15, 0.2) is 0 Å². The highest BCUT2D eigenvalue weighted by Gasteiger charge is 2.27. The molecule has 0 radical (unpaired) electrons. The Morgan fingerprint density at radius 2 is 2.00 bits per heavy atom. The SMILES string of the molecule is CC1CCN(C(C)C(N)C(=O)O)CC1. The Labute approximate surface area is 85.1 Å². The topological polar surface area (TPSA) is 66.6 Å². The van der Waals surface area contributed by atoms with Crippen LogP contribution in [0.1, 0.15) is 26.7 Å². The Balaban J connectivity index is 2.45. The van der Waals surface area contributed by atoms with E-state index in [0.29, 0.717) is 0 Å². The molecule has 1 saturated heterocycles. The molecule has 1 aliphatic rings. The molecule has 3 N–H and O–H groups in total. The van der Waals surface area contributed by atoms with Gasteiger partial charge in [-0.3, -0.25) is 9.69 Å². The second-order valence-corrected chi connectivity index (χ2v) is 4.32. The van der Waals surface area contributed by atoms with E-state index in [0.717, 1.165) is 31.8 Å². The van der Waals surface area contributed by atoms with Gasteiger partial charge in [0.05, 0.1) is 0 Å². The van der Waals surface area contributed by atoms with E-state index < -0.39 is 12.0 Å². The molecule has 1 aliphatic heterocycles. The molecule has 1 fully saturated rings. The van der Waals surface area contributed by atoms with Gasteiger partial charge in [0, 0.05) is 6.04 Å². The normalized spacial score (nSPS) is 24.5. The van der Waals surface area contributed by atoms with Gasteiger partial charge in [-0.15, -0.1) is 0 Å². The number of aliphatic carboxylic acids is 1. The number of carboxylic acid groups (broad SMARTS) is 1. The third-order valence-corrected chi connectivity index (χ3v) is 3.20. The lowest BCUT2D eigenvalue weighted by atomic mass is 9.97. The van der Waals surface area contributed by atoms with Crippen LogP contribution in [0.2, 0.25) is 0 Å². The maximum absolute atomic E-state index is 10.7. The number of carbonyl (C=O) groups is 1. The molecule has 2 unspecified atom stereocenters. The van der Waals surface area contributed by atoms with Gasteiger partial charge in [0.25, 0.3) is 0 Å². The first-order valence-corrected chi connectivity index (χ1v) is 5.24. The number of nitrogens with zero attached hydrogens (tertiary/aromatic N) is 1. The smallest absolute Gasteiger partial charge is 0.322 e. The van der Waals surface area contributed by atoms with Crippen LogP contribution in [0, 0.1) is 5.92 Å². The minimum absolute atomic E-state index is 0.0556. The highest BCUT2D eigenvalue weighted by Crippen LogP contribution is 2.18. The Kier molecular flexibility index (Phi) is 3.89. The molecule has 1 heterocycles. The van der Waals surface area contributed by atoms with Gasteiger partial charge in [0.2, 0.25) is 0 Å². The van der Waals surface area contributed by atoms with Crippen molar-refractivity contribution in [3.05, 3.63) is 0 Å². The fraction of sp³-hybridized carbons (Fsp3) is 0.900. The first kappa shape index (κ1) is 11.5. The second-order valence-electron chi connectivity index (χ2n) is 4.32. The summed E-state index contributed by atoms with van der Waals surface area (Å²) >= 11 is 0. The van der Waals surface area contributed by atoms with Gasteiger partial charge in [-0.1, -0.05) is 6.92 Å². The van der Waals surface area contributed by atoms with Crippen molar-refractivity contribution in [3.8, 4) is 0 Å². The Morgan fingerprint density at radius 1 is 1.50 bits per heavy atom. The van der Waals surface area contributed by atoms with E-state index in [1.807, 2.05) is 6.92 Å². The van der Waals surface area contributed by atoms with Crippen molar-refractivity contribution >= 4 is 5.97 Å². The second kappa shape index (κ2) is 4.75. The summed E-state index contributed by atoms with van der Waals surface area (Å²) in [5, 5.41) is 8.78. The molecular formula is C10H20N2O2. The van der Waals surface area contributed by atoms with Crippen molar-refractivity contribution in [3.63, 3.8) is 0 Å². The van der Waals surface area contributed by atoms with Crippen LogP contribution in [0.15, 0.2) is 0 Å². The van der Waals surface area contributed by atoms with E-state index in [2.05, 4.69) is 11.8 Å². The van der Waals surface area contributed by atoms with Crippen molar-refractivity contribution in [2.45, 2.75) is 38.8 Å². The molecule has 0 amide bonds. The van der Waals surface area contributed by atoms with Gasteiger partial charge < -0.3 is 10.8 Å². The van der Waals surface area contributed by atoms with Gasteiger partial charge in [0.1, 0.15) is 6.04 Å². The van der Waals surface area contributed by atoms with Crippen LogP contribution in [0.3, 0.4) is 0 Å². The molecule has 4 heteroatoms. The predicted molar refractivity (Wildman–Crippen MR) is 55.0 cm³/mol. The first-order valence-electron chi connectivity index (χ1n) is 5.24. The number of carboxylic acids is 1. The molecule has 1 rings (SSSR count). The van der Waals surface area contributed by atoms with Crippen molar-refractivity contribution in [1.82, 2.24) is 4.90 Å². The van der Waals surface area contributed by atoms with Gasteiger partial charge in [-0.2, -0.15) is 0 Å². The summed E-state index contributed by atoms with van der Waals surface area (Å²) < 4.78 is 0. The molecule has 0 spiro atoms. The molecule has 0 bridgehead atoms. The standard InChI is InChI=1S/C10H20N2O2/c1-7-3-5-12(6-4-7)8(2)9(11)10(13)14/h7-9H,3-6,11H2,1-2H3,(H,13,14). The van der Waals surface area contributed by atoms with Crippen LogP contribution in [0.5, 0.6) is 0 Å². The summed E-state index contributed by atoms with van der Waals surface area (Å²) in [7, 11) is 0. The zero-order chi connectivity index (χ0) is 10.7. The maximum Gasteiger partial charge on any atom is 0.322 e. The van der Waals surface area contributed by atoms with Gasteiger partial charge >= 0.3 is 5.97 Å². The highest BCUT2D eigenvalue weighted by molar-refractivity contribution is 5.74. The van der Waals surface area contributed by atoms with E-state index >= 15 is 0 Å². The summed E-state index contributed by atoms with van der Waals surface area (Å²) in [4.78, 5) is 12.9.